The van der Waals surface area contributed by atoms with Crippen molar-refractivity contribution in [2.75, 3.05) is 35.4 Å². The lowest BCUT2D eigenvalue weighted by Crippen LogP contribution is -2.36. The molecule has 2 heterocycles. The number of rotatable bonds is 6. The topological polar surface area (TPSA) is 88.6 Å². The molecule has 0 spiro atoms. The largest absolute Gasteiger partial charge is 0.495 e. The predicted molar refractivity (Wildman–Crippen MR) is 105 cm³/mol. The highest BCUT2D eigenvalue weighted by molar-refractivity contribution is 7.91. The van der Waals surface area contributed by atoms with Gasteiger partial charge in [-0.3, -0.25) is 9.78 Å². The highest BCUT2D eigenvalue weighted by atomic mass is 32.2. The molecule has 1 aliphatic heterocycles. The lowest BCUT2D eigenvalue weighted by atomic mass is 10.2. The summed E-state index contributed by atoms with van der Waals surface area (Å²) in [5, 5.41) is 2.80. The van der Waals surface area contributed by atoms with E-state index in [0.717, 1.165) is 5.69 Å². The van der Waals surface area contributed by atoms with Crippen molar-refractivity contribution in [2.45, 2.75) is 19.4 Å². The second kappa shape index (κ2) is 7.96. The van der Waals surface area contributed by atoms with E-state index in [4.69, 9.17) is 4.74 Å². The number of benzene rings is 1. The number of carbonyl (C=O) groups excluding carboxylic acids is 1. The zero-order chi connectivity index (χ0) is 19.4. The summed E-state index contributed by atoms with van der Waals surface area (Å²) >= 11 is 0. The number of sulfone groups is 1. The van der Waals surface area contributed by atoms with Crippen molar-refractivity contribution in [1.82, 2.24) is 4.98 Å². The first kappa shape index (κ1) is 19.2. The molecule has 1 aromatic heterocycles. The van der Waals surface area contributed by atoms with Gasteiger partial charge >= 0.3 is 0 Å². The van der Waals surface area contributed by atoms with Crippen molar-refractivity contribution in [3.8, 4) is 5.75 Å². The summed E-state index contributed by atoms with van der Waals surface area (Å²) in [5.74, 6) is 0.566. The zero-order valence-corrected chi connectivity index (χ0v) is 16.2. The second-order valence-corrected chi connectivity index (χ2v) is 8.63. The number of aromatic nitrogens is 1. The monoisotopic (exact) mass is 389 g/mol. The van der Waals surface area contributed by atoms with E-state index in [1.54, 1.807) is 43.6 Å². The second-order valence-electron chi connectivity index (χ2n) is 6.40. The van der Waals surface area contributed by atoms with E-state index in [2.05, 4.69) is 10.3 Å². The molecular weight excluding hydrogens is 366 g/mol. The number of anilines is 2. The van der Waals surface area contributed by atoms with Gasteiger partial charge in [-0.1, -0.05) is 12.1 Å². The van der Waals surface area contributed by atoms with Crippen molar-refractivity contribution >= 4 is 27.1 Å². The minimum atomic E-state index is -2.98. The van der Waals surface area contributed by atoms with E-state index in [0.29, 0.717) is 24.4 Å². The van der Waals surface area contributed by atoms with Crippen molar-refractivity contribution in [1.29, 1.82) is 0 Å². The summed E-state index contributed by atoms with van der Waals surface area (Å²) in [6.07, 6.45) is 2.17. The number of ether oxygens (including phenoxy) is 1. The third-order valence-electron chi connectivity index (χ3n) is 4.65. The molecule has 0 radical (unpaired) electrons. The molecule has 1 atom stereocenters. The highest BCUT2D eigenvalue weighted by Crippen LogP contribution is 2.26. The smallest absolute Gasteiger partial charge is 0.274 e. The van der Waals surface area contributed by atoms with Crippen LogP contribution in [-0.4, -0.2) is 50.5 Å². The number of pyridine rings is 1. The molecule has 0 aliphatic carbocycles. The first-order valence-electron chi connectivity index (χ1n) is 8.81. The molecule has 144 valence electrons. The Morgan fingerprint density at radius 3 is 2.78 bits per heavy atom. The predicted octanol–water partition coefficient (Wildman–Crippen LogP) is 2.36. The van der Waals surface area contributed by atoms with Crippen LogP contribution in [-0.2, 0) is 9.84 Å². The number of methoxy groups -OCH3 is 1. The number of nitrogens with one attached hydrogen (secondary N) is 1. The highest BCUT2D eigenvalue weighted by Gasteiger charge is 2.32. The van der Waals surface area contributed by atoms with E-state index in [9.17, 15) is 13.2 Å². The molecule has 1 aromatic carbocycles. The van der Waals surface area contributed by atoms with Gasteiger partial charge in [-0.15, -0.1) is 0 Å². The lowest BCUT2D eigenvalue weighted by Gasteiger charge is -2.29. The van der Waals surface area contributed by atoms with E-state index in [1.165, 1.54) is 0 Å². The van der Waals surface area contributed by atoms with Gasteiger partial charge in [0.1, 0.15) is 11.4 Å². The summed E-state index contributed by atoms with van der Waals surface area (Å²) in [5.41, 5.74) is 1.61. The van der Waals surface area contributed by atoms with Crippen LogP contribution in [0.4, 0.5) is 11.4 Å². The Hall–Kier alpha value is -2.61. The van der Waals surface area contributed by atoms with Crippen molar-refractivity contribution < 1.29 is 17.9 Å². The molecular formula is C19H23N3O4S. The average molecular weight is 389 g/mol. The molecule has 0 saturated carbocycles. The number of carbonyl (C=O) groups is 1. The third-order valence-corrected chi connectivity index (χ3v) is 6.40. The number of amides is 1. The number of hydrogen-bond acceptors (Lipinski definition) is 6. The maximum absolute atomic E-state index is 12.6. The molecule has 8 heteroatoms. The maximum atomic E-state index is 12.6. The summed E-state index contributed by atoms with van der Waals surface area (Å²) < 4.78 is 28.9. The van der Waals surface area contributed by atoms with E-state index in [1.807, 2.05) is 17.9 Å². The van der Waals surface area contributed by atoms with Gasteiger partial charge in [-0.2, -0.15) is 0 Å². The molecule has 3 rings (SSSR count). The first-order chi connectivity index (χ1) is 12.9. The van der Waals surface area contributed by atoms with Gasteiger partial charge in [0.15, 0.2) is 9.84 Å². The Balaban J connectivity index is 1.81. The average Bonchev–Trinajstić information content (AvgIpc) is 3.02. The number of hydrogen-bond donors (Lipinski definition) is 1. The summed E-state index contributed by atoms with van der Waals surface area (Å²) in [6.45, 7) is 2.62. The molecule has 1 saturated heterocycles. The minimum absolute atomic E-state index is 0.0764. The minimum Gasteiger partial charge on any atom is -0.495 e. The van der Waals surface area contributed by atoms with Gasteiger partial charge in [-0.25, -0.2) is 8.42 Å². The SMILES string of the molecule is CCN(c1ccnc(C(=O)Nc2ccccc2OC)c1)C1CCS(=O)(=O)C1. The molecule has 1 unspecified atom stereocenters. The van der Waals surface area contributed by atoms with E-state index < -0.39 is 9.84 Å². The molecule has 2 aromatic rings. The number of para-hydroxylation sites is 2. The Kier molecular flexibility index (Phi) is 5.65. The first-order valence-corrected chi connectivity index (χ1v) is 10.6. The van der Waals surface area contributed by atoms with E-state index in [-0.39, 0.29) is 29.1 Å². The summed E-state index contributed by atoms with van der Waals surface area (Å²) in [7, 11) is -1.44. The quantitative estimate of drug-likeness (QED) is 0.816. The molecule has 7 nitrogen and oxygen atoms in total. The fraction of sp³-hybridized carbons (Fsp3) is 0.368. The van der Waals surface area contributed by atoms with Crippen LogP contribution >= 0.6 is 0 Å². The van der Waals surface area contributed by atoms with Crippen LogP contribution in [0.25, 0.3) is 0 Å². The van der Waals surface area contributed by atoms with Crippen LogP contribution in [0.3, 0.4) is 0 Å². The molecule has 1 amide bonds. The van der Waals surface area contributed by atoms with Gasteiger partial charge in [-0.05, 0) is 37.6 Å². The third kappa shape index (κ3) is 4.39. The Labute approximate surface area is 159 Å². The Morgan fingerprint density at radius 2 is 2.11 bits per heavy atom. The van der Waals surface area contributed by atoms with Crippen LogP contribution in [0.5, 0.6) is 5.75 Å². The van der Waals surface area contributed by atoms with Crippen molar-refractivity contribution in [2.24, 2.45) is 0 Å². The number of nitrogens with zero attached hydrogens (tertiary/aromatic N) is 2. The lowest BCUT2D eigenvalue weighted by molar-refractivity contribution is 0.102. The Bertz CT molecular complexity index is 930. The van der Waals surface area contributed by atoms with Gasteiger partial charge in [0, 0.05) is 24.5 Å². The molecule has 1 aliphatic rings. The van der Waals surface area contributed by atoms with Crippen LogP contribution in [0.2, 0.25) is 0 Å². The molecule has 0 bridgehead atoms. The molecule has 1 N–H and O–H groups in total. The van der Waals surface area contributed by atoms with Crippen LogP contribution in [0, 0.1) is 0 Å². The molecule has 1 fully saturated rings. The van der Waals surface area contributed by atoms with Gasteiger partial charge in [0.2, 0.25) is 0 Å². The van der Waals surface area contributed by atoms with Gasteiger partial charge < -0.3 is 15.0 Å². The zero-order valence-electron chi connectivity index (χ0n) is 15.4. The normalized spacial score (nSPS) is 18.1. The summed E-state index contributed by atoms with van der Waals surface area (Å²) in [6, 6.07) is 10.6. The Morgan fingerprint density at radius 1 is 1.33 bits per heavy atom. The van der Waals surface area contributed by atoms with Gasteiger partial charge in [0.25, 0.3) is 5.91 Å². The van der Waals surface area contributed by atoms with Crippen molar-refractivity contribution in [3.63, 3.8) is 0 Å². The standard InChI is InChI=1S/C19H23N3O4S/c1-3-22(15-9-11-27(24,25)13-15)14-8-10-20-17(12-14)19(23)21-16-6-4-5-7-18(16)26-2/h4-8,10,12,15H,3,9,11,13H2,1-2H3,(H,21,23). The van der Waals surface area contributed by atoms with Crippen molar-refractivity contribution in [3.05, 3.63) is 48.3 Å². The fourth-order valence-corrected chi connectivity index (χ4v) is 5.06. The maximum Gasteiger partial charge on any atom is 0.274 e. The fourth-order valence-electron chi connectivity index (χ4n) is 3.33. The van der Waals surface area contributed by atoms with E-state index >= 15 is 0 Å². The summed E-state index contributed by atoms with van der Waals surface area (Å²) in [4.78, 5) is 18.8. The van der Waals surface area contributed by atoms with Crippen LogP contribution in [0.15, 0.2) is 42.6 Å². The van der Waals surface area contributed by atoms with Gasteiger partial charge in [0.05, 0.1) is 24.3 Å². The molecule has 27 heavy (non-hydrogen) atoms. The van der Waals surface area contributed by atoms with Crippen LogP contribution in [0.1, 0.15) is 23.8 Å². The van der Waals surface area contributed by atoms with Crippen LogP contribution < -0.4 is 15.0 Å².